The Hall–Kier alpha value is -3.03. The number of amides is 2. The lowest BCUT2D eigenvalue weighted by Gasteiger charge is -2.37. The van der Waals surface area contributed by atoms with Gasteiger partial charge in [-0.1, -0.05) is 65.8 Å². The van der Waals surface area contributed by atoms with Crippen LogP contribution < -0.4 is 5.32 Å². The van der Waals surface area contributed by atoms with Gasteiger partial charge in [0.25, 0.3) is 5.91 Å². The van der Waals surface area contributed by atoms with Crippen molar-refractivity contribution in [3.63, 3.8) is 0 Å². The van der Waals surface area contributed by atoms with E-state index < -0.39 is 6.04 Å². The summed E-state index contributed by atoms with van der Waals surface area (Å²) < 4.78 is 0. The third-order valence-corrected chi connectivity index (χ3v) is 6.98. The Balaban J connectivity index is 1.63. The Labute approximate surface area is 209 Å². The van der Waals surface area contributed by atoms with Gasteiger partial charge < -0.3 is 15.1 Å². The molecule has 8 heteroatoms. The number of fused-ring (bicyclic) bond motifs is 1. The summed E-state index contributed by atoms with van der Waals surface area (Å²) in [5.41, 5.74) is 4.02. The van der Waals surface area contributed by atoms with Crippen LogP contribution in [0.2, 0.25) is 5.02 Å². The average molecular weight is 495 g/mol. The number of rotatable bonds is 6. The second kappa shape index (κ2) is 10.1. The van der Waals surface area contributed by atoms with Gasteiger partial charge in [0.1, 0.15) is 0 Å². The first-order valence-corrected chi connectivity index (χ1v) is 12.3. The molecule has 0 radical (unpaired) electrons. The number of nitrogens with zero attached hydrogens (tertiary/aromatic N) is 3. The van der Waals surface area contributed by atoms with Crippen LogP contribution in [-0.4, -0.2) is 40.9 Å². The zero-order valence-corrected chi connectivity index (χ0v) is 21.2. The molecule has 0 unspecified atom stereocenters. The highest BCUT2D eigenvalue weighted by Gasteiger charge is 2.40. The molecule has 0 aliphatic carbocycles. The lowest BCUT2D eigenvalue weighted by Crippen LogP contribution is -2.40. The Morgan fingerprint density at radius 2 is 1.82 bits per heavy atom. The fraction of sp³-hybridized carbons (Fsp3) is 0.269. The van der Waals surface area contributed by atoms with E-state index in [0.29, 0.717) is 16.3 Å². The van der Waals surface area contributed by atoms with Gasteiger partial charge in [-0.25, -0.2) is 4.99 Å². The van der Waals surface area contributed by atoms with Crippen LogP contribution in [0, 0.1) is 0 Å². The predicted octanol–water partition coefficient (Wildman–Crippen LogP) is 5.27. The third kappa shape index (κ3) is 4.91. The monoisotopic (exact) mass is 494 g/mol. The molecular formula is C26H27ClN4O2S. The van der Waals surface area contributed by atoms with Gasteiger partial charge in [0.15, 0.2) is 5.17 Å². The lowest BCUT2D eigenvalue weighted by atomic mass is 9.93. The van der Waals surface area contributed by atoms with E-state index in [2.05, 4.69) is 5.32 Å². The highest BCUT2D eigenvalue weighted by molar-refractivity contribution is 8.16. The predicted molar refractivity (Wildman–Crippen MR) is 138 cm³/mol. The Bertz CT molecular complexity index is 1190. The third-order valence-electron chi connectivity index (χ3n) is 5.84. The molecule has 2 aliphatic rings. The average Bonchev–Trinajstić information content (AvgIpc) is 3.20. The molecule has 0 fully saturated rings. The van der Waals surface area contributed by atoms with Crippen LogP contribution in [0.3, 0.4) is 0 Å². The second-order valence-corrected chi connectivity index (χ2v) is 9.79. The number of hydrogen-bond acceptors (Lipinski definition) is 5. The smallest absolute Gasteiger partial charge is 0.253 e. The molecule has 4 rings (SSSR count). The molecule has 1 N–H and O–H groups in total. The summed E-state index contributed by atoms with van der Waals surface area (Å²) in [5.74, 6) is -0.204. The van der Waals surface area contributed by atoms with E-state index in [9.17, 15) is 9.59 Å². The Morgan fingerprint density at radius 1 is 1.15 bits per heavy atom. The minimum atomic E-state index is -0.403. The second-order valence-electron chi connectivity index (χ2n) is 8.52. The number of carbonyl (C=O) groups is 2. The maximum Gasteiger partial charge on any atom is 0.253 e. The quantitative estimate of drug-likeness (QED) is 0.594. The van der Waals surface area contributed by atoms with E-state index in [1.807, 2.05) is 78.8 Å². The van der Waals surface area contributed by atoms with E-state index in [1.165, 1.54) is 11.8 Å². The lowest BCUT2D eigenvalue weighted by molar-refractivity contribution is -0.125. The number of amidine groups is 1. The summed E-state index contributed by atoms with van der Waals surface area (Å²) in [6.45, 7) is 3.83. The summed E-state index contributed by atoms with van der Waals surface area (Å²) >= 11 is 7.61. The fourth-order valence-corrected chi connectivity index (χ4v) is 5.22. The molecule has 0 spiro atoms. The van der Waals surface area contributed by atoms with Crippen LogP contribution in [-0.2, 0) is 9.59 Å². The van der Waals surface area contributed by atoms with Crippen LogP contribution >= 0.6 is 23.4 Å². The molecule has 2 aliphatic heterocycles. The van der Waals surface area contributed by atoms with E-state index in [-0.39, 0.29) is 24.3 Å². The standard InChI is InChI=1S/C26H27ClN4O2S/c1-16(18-8-6-5-7-9-18)28-22(32)14-21-15-34-26-29-17(2)23(25(33)30(3)4)24(31(21)26)19-10-12-20(27)13-11-19/h5-13,15-16,24H,14H2,1-4H3,(H,28,32)/t16-,24-/m0/s1. The molecule has 176 valence electrons. The summed E-state index contributed by atoms with van der Waals surface area (Å²) in [5, 5.41) is 6.41. The van der Waals surface area contributed by atoms with Crippen molar-refractivity contribution in [3.8, 4) is 0 Å². The number of nitrogens with one attached hydrogen (secondary N) is 1. The van der Waals surface area contributed by atoms with Crippen molar-refractivity contribution in [1.82, 2.24) is 15.1 Å². The van der Waals surface area contributed by atoms with Crippen LogP contribution in [0.25, 0.3) is 0 Å². The number of thioether (sulfide) groups is 1. The van der Waals surface area contributed by atoms with Crippen molar-refractivity contribution in [2.45, 2.75) is 32.4 Å². The number of benzene rings is 2. The van der Waals surface area contributed by atoms with Crippen molar-refractivity contribution in [1.29, 1.82) is 0 Å². The fourth-order valence-electron chi connectivity index (χ4n) is 4.13. The first kappa shape index (κ1) is 24.1. The molecule has 2 heterocycles. The van der Waals surface area contributed by atoms with E-state index in [0.717, 1.165) is 22.0 Å². The van der Waals surface area contributed by atoms with Crippen LogP contribution in [0.4, 0.5) is 0 Å². The van der Waals surface area contributed by atoms with Gasteiger partial charge >= 0.3 is 0 Å². The molecule has 0 saturated heterocycles. The molecule has 2 atom stereocenters. The zero-order chi connectivity index (χ0) is 24.4. The molecular weight excluding hydrogens is 468 g/mol. The minimum Gasteiger partial charge on any atom is -0.349 e. The van der Waals surface area contributed by atoms with E-state index >= 15 is 0 Å². The summed E-state index contributed by atoms with van der Waals surface area (Å²) in [7, 11) is 3.46. The molecule has 2 aromatic carbocycles. The first-order valence-electron chi connectivity index (χ1n) is 11.0. The van der Waals surface area contributed by atoms with Crippen LogP contribution in [0.1, 0.15) is 43.5 Å². The summed E-state index contributed by atoms with van der Waals surface area (Å²) in [4.78, 5) is 34.5. The van der Waals surface area contributed by atoms with Crippen LogP contribution in [0.15, 0.2) is 82.0 Å². The number of likely N-dealkylation sites (N-methyl/N-ethyl adjacent to an activating group) is 1. The van der Waals surface area contributed by atoms with E-state index in [1.54, 1.807) is 19.0 Å². The normalized spacial score (nSPS) is 18.1. The molecule has 34 heavy (non-hydrogen) atoms. The van der Waals surface area contributed by atoms with Gasteiger partial charge in [0.2, 0.25) is 5.91 Å². The molecule has 0 saturated carbocycles. The van der Waals surface area contributed by atoms with Gasteiger partial charge in [-0.05, 0) is 42.5 Å². The zero-order valence-electron chi connectivity index (χ0n) is 19.6. The SMILES string of the molecule is CC1=C(C(=O)N(C)C)[C@H](c2ccc(Cl)cc2)N2C(CC(=O)N[C@@H](C)c3ccccc3)=CSC2=N1. The van der Waals surface area contributed by atoms with Gasteiger partial charge in [-0.15, -0.1) is 0 Å². The first-order chi connectivity index (χ1) is 16.3. The summed E-state index contributed by atoms with van der Waals surface area (Å²) in [6.07, 6.45) is 0.176. The highest BCUT2D eigenvalue weighted by Crippen LogP contribution is 2.45. The van der Waals surface area contributed by atoms with Gasteiger partial charge in [0.05, 0.1) is 29.8 Å². The number of aliphatic imine (C=N–C) groups is 1. The number of carbonyl (C=O) groups excluding carboxylic acids is 2. The molecule has 0 aromatic heterocycles. The van der Waals surface area contributed by atoms with Crippen LogP contribution in [0.5, 0.6) is 0 Å². The van der Waals surface area contributed by atoms with Crippen molar-refractivity contribution >= 4 is 40.3 Å². The minimum absolute atomic E-state index is 0.0916. The van der Waals surface area contributed by atoms with Crippen molar-refractivity contribution in [3.05, 3.63) is 93.1 Å². The topological polar surface area (TPSA) is 65.0 Å². The largest absolute Gasteiger partial charge is 0.349 e. The molecule has 2 aromatic rings. The highest BCUT2D eigenvalue weighted by atomic mass is 35.5. The molecule has 2 amide bonds. The maximum absolute atomic E-state index is 13.2. The summed E-state index contributed by atoms with van der Waals surface area (Å²) in [6, 6.07) is 16.8. The number of allylic oxidation sites excluding steroid dienone is 1. The van der Waals surface area contributed by atoms with Crippen molar-refractivity contribution < 1.29 is 9.59 Å². The van der Waals surface area contributed by atoms with Gasteiger partial charge in [-0.3, -0.25) is 9.59 Å². The maximum atomic E-state index is 13.2. The van der Waals surface area contributed by atoms with Gasteiger partial charge in [0, 0.05) is 24.8 Å². The number of halogens is 1. The van der Waals surface area contributed by atoms with E-state index in [4.69, 9.17) is 16.6 Å². The molecule has 6 nitrogen and oxygen atoms in total. The Morgan fingerprint density at radius 3 is 2.47 bits per heavy atom. The Kier molecular flexibility index (Phi) is 7.14. The van der Waals surface area contributed by atoms with Crippen molar-refractivity contribution in [2.75, 3.05) is 14.1 Å². The van der Waals surface area contributed by atoms with Crippen molar-refractivity contribution in [2.24, 2.45) is 4.99 Å². The van der Waals surface area contributed by atoms with Gasteiger partial charge in [-0.2, -0.15) is 0 Å². The molecule has 0 bridgehead atoms. The number of hydrogen-bond donors (Lipinski definition) is 1.